The molecule has 2 atom stereocenters. The summed E-state index contributed by atoms with van der Waals surface area (Å²) in [5.74, 6) is 1.54. The predicted molar refractivity (Wildman–Crippen MR) is 73.1 cm³/mol. The number of amides is 1. The molecule has 3 heterocycles. The monoisotopic (exact) mass is 262 g/mol. The second kappa shape index (κ2) is 5.37. The van der Waals surface area contributed by atoms with Crippen LogP contribution in [0.2, 0.25) is 0 Å². The third kappa shape index (κ3) is 2.68. The molecule has 1 N–H and O–H groups in total. The third-order valence-corrected chi connectivity index (χ3v) is 4.39. The van der Waals surface area contributed by atoms with Gasteiger partial charge in [0.2, 0.25) is 0 Å². The number of nitrogens with one attached hydrogen (secondary N) is 1. The van der Waals surface area contributed by atoms with Gasteiger partial charge in [0.05, 0.1) is 5.56 Å². The zero-order chi connectivity index (χ0) is 13.2. The summed E-state index contributed by atoms with van der Waals surface area (Å²) in [7, 11) is 0. The molecule has 2 aliphatic rings. The van der Waals surface area contributed by atoms with Crippen LogP contribution in [-0.4, -0.2) is 36.5 Å². The van der Waals surface area contributed by atoms with Gasteiger partial charge < -0.3 is 14.6 Å². The number of hydrogen-bond donors (Lipinski definition) is 1. The lowest BCUT2D eigenvalue weighted by molar-refractivity contribution is 0.0650. The minimum Gasteiger partial charge on any atom is -0.469 e. The molecule has 0 saturated carbocycles. The average molecular weight is 262 g/mol. The third-order valence-electron chi connectivity index (χ3n) is 4.39. The van der Waals surface area contributed by atoms with Crippen molar-refractivity contribution in [1.29, 1.82) is 0 Å². The first-order chi connectivity index (χ1) is 9.24. The number of rotatable bonds is 2. The van der Waals surface area contributed by atoms with Gasteiger partial charge in [-0.25, -0.2) is 0 Å². The Balaban J connectivity index is 1.65. The minimum absolute atomic E-state index is 0.125. The van der Waals surface area contributed by atoms with Gasteiger partial charge in [-0.2, -0.15) is 0 Å². The number of likely N-dealkylation sites (tertiary alicyclic amines) is 1. The summed E-state index contributed by atoms with van der Waals surface area (Å²) in [5, 5.41) is 3.57. The maximum atomic E-state index is 12.4. The number of aryl methyl sites for hydroxylation is 1. The molecule has 0 aliphatic carbocycles. The smallest absolute Gasteiger partial charge is 0.257 e. The Morgan fingerprint density at radius 1 is 1.42 bits per heavy atom. The van der Waals surface area contributed by atoms with Crippen LogP contribution in [0.15, 0.2) is 16.7 Å². The highest BCUT2D eigenvalue weighted by Gasteiger charge is 2.31. The Morgan fingerprint density at radius 2 is 2.32 bits per heavy atom. The molecule has 0 aromatic carbocycles. The van der Waals surface area contributed by atoms with Crippen LogP contribution in [0.4, 0.5) is 0 Å². The van der Waals surface area contributed by atoms with Gasteiger partial charge in [0.15, 0.2) is 0 Å². The lowest BCUT2D eigenvalue weighted by Crippen LogP contribution is -2.45. The van der Waals surface area contributed by atoms with E-state index in [9.17, 15) is 4.79 Å². The van der Waals surface area contributed by atoms with Gasteiger partial charge in [-0.05, 0) is 51.1 Å². The molecule has 0 spiro atoms. The van der Waals surface area contributed by atoms with E-state index in [1.54, 1.807) is 6.26 Å². The molecule has 0 radical (unpaired) electrons. The molecular weight excluding hydrogens is 240 g/mol. The van der Waals surface area contributed by atoms with Crippen LogP contribution in [-0.2, 0) is 0 Å². The normalized spacial score (nSPS) is 27.7. The maximum absolute atomic E-state index is 12.4. The number of furan rings is 1. The van der Waals surface area contributed by atoms with E-state index in [1.807, 2.05) is 17.9 Å². The zero-order valence-electron chi connectivity index (χ0n) is 11.5. The SMILES string of the molecule is Cc1cc(C(=O)N2CCCC(C3CCCN3)C2)co1. The van der Waals surface area contributed by atoms with Gasteiger partial charge in [0, 0.05) is 19.1 Å². The van der Waals surface area contributed by atoms with Gasteiger partial charge in [-0.1, -0.05) is 0 Å². The van der Waals surface area contributed by atoms with Crippen molar-refractivity contribution in [3.05, 3.63) is 23.7 Å². The lowest BCUT2D eigenvalue weighted by Gasteiger charge is -2.35. The second-order valence-electron chi connectivity index (χ2n) is 5.80. The van der Waals surface area contributed by atoms with Crippen molar-refractivity contribution in [2.45, 2.75) is 38.6 Å². The van der Waals surface area contributed by atoms with Gasteiger partial charge in [-0.15, -0.1) is 0 Å². The molecule has 3 rings (SSSR count). The van der Waals surface area contributed by atoms with Crippen LogP contribution in [0.3, 0.4) is 0 Å². The first-order valence-corrected chi connectivity index (χ1v) is 7.32. The maximum Gasteiger partial charge on any atom is 0.257 e. The van der Waals surface area contributed by atoms with E-state index < -0.39 is 0 Å². The lowest BCUT2D eigenvalue weighted by atomic mass is 9.89. The standard InChI is InChI=1S/C15H22N2O2/c1-11-8-13(10-19-11)15(18)17-7-3-4-12(9-17)14-5-2-6-16-14/h8,10,12,14,16H,2-7,9H2,1H3. The van der Waals surface area contributed by atoms with Crippen molar-refractivity contribution in [3.63, 3.8) is 0 Å². The fourth-order valence-corrected chi connectivity index (χ4v) is 3.37. The van der Waals surface area contributed by atoms with Crippen LogP contribution in [0.25, 0.3) is 0 Å². The largest absolute Gasteiger partial charge is 0.469 e. The predicted octanol–water partition coefficient (Wildman–Crippen LogP) is 2.19. The zero-order valence-corrected chi connectivity index (χ0v) is 11.5. The Bertz CT molecular complexity index is 449. The molecule has 19 heavy (non-hydrogen) atoms. The van der Waals surface area contributed by atoms with Crippen molar-refractivity contribution in [1.82, 2.24) is 10.2 Å². The summed E-state index contributed by atoms with van der Waals surface area (Å²) in [6, 6.07) is 2.45. The first kappa shape index (κ1) is 12.7. The quantitative estimate of drug-likeness (QED) is 0.888. The Labute approximate surface area is 114 Å². The van der Waals surface area contributed by atoms with Crippen molar-refractivity contribution in [2.75, 3.05) is 19.6 Å². The number of carbonyl (C=O) groups is 1. The topological polar surface area (TPSA) is 45.5 Å². The summed E-state index contributed by atoms with van der Waals surface area (Å²) in [4.78, 5) is 14.4. The van der Waals surface area contributed by atoms with E-state index in [-0.39, 0.29) is 5.91 Å². The number of nitrogens with zero attached hydrogens (tertiary/aromatic N) is 1. The van der Waals surface area contributed by atoms with Gasteiger partial charge in [0.1, 0.15) is 12.0 Å². The van der Waals surface area contributed by atoms with Crippen molar-refractivity contribution < 1.29 is 9.21 Å². The van der Waals surface area contributed by atoms with Crippen molar-refractivity contribution >= 4 is 5.91 Å². The van der Waals surface area contributed by atoms with Gasteiger partial charge in [0.25, 0.3) is 5.91 Å². The minimum atomic E-state index is 0.125. The average Bonchev–Trinajstić information content (AvgIpc) is 3.09. The number of carbonyl (C=O) groups excluding carboxylic acids is 1. The van der Waals surface area contributed by atoms with Gasteiger partial charge in [-0.3, -0.25) is 4.79 Å². The van der Waals surface area contributed by atoms with Crippen LogP contribution in [0.5, 0.6) is 0 Å². The first-order valence-electron chi connectivity index (χ1n) is 7.32. The highest BCUT2D eigenvalue weighted by atomic mass is 16.3. The summed E-state index contributed by atoms with van der Waals surface area (Å²) >= 11 is 0. The Hall–Kier alpha value is -1.29. The molecule has 1 aromatic heterocycles. The number of hydrogen-bond acceptors (Lipinski definition) is 3. The summed E-state index contributed by atoms with van der Waals surface area (Å²) in [6.07, 6.45) is 6.47. The highest BCUT2D eigenvalue weighted by molar-refractivity contribution is 5.94. The molecule has 2 fully saturated rings. The van der Waals surface area contributed by atoms with E-state index in [2.05, 4.69) is 5.32 Å². The molecule has 2 aliphatic heterocycles. The van der Waals surface area contributed by atoms with Crippen LogP contribution in [0.1, 0.15) is 41.8 Å². The van der Waals surface area contributed by atoms with Crippen molar-refractivity contribution in [3.8, 4) is 0 Å². The van der Waals surface area contributed by atoms with Crippen LogP contribution < -0.4 is 5.32 Å². The van der Waals surface area contributed by atoms with Crippen LogP contribution in [0, 0.1) is 12.8 Å². The highest BCUT2D eigenvalue weighted by Crippen LogP contribution is 2.25. The Kier molecular flexibility index (Phi) is 3.60. The molecule has 2 unspecified atom stereocenters. The van der Waals surface area contributed by atoms with E-state index in [0.717, 1.165) is 31.8 Å². The molecule has 2 saturated heterocycles. The second-order valence-corrected chi connectivity index (χ2v) is 5.80. The van der Waals surface area contributed by atoms with Gasteiger partial charge >= 0.3 is 0 Å². The summed E-state index contributed by atoms with van der Waals surface area (Å²) in [6.45, 7) is 4.78. The van der Waals surface area contributed by atoms with Crippen LogP contribution >= 0.6 is 0 Å². The van der Waals surface area contributed by atoms with E-state index >= 15 is 0 Å². The molecule has 1 aromatic rings. The molecule has 104 valence electrons. The Morgan fingerprint density at radius 3 is 3.00 bits per heavy atom. The molecule has 4 heteroatoms. The molecule has 1 amide bonds. The summed E-state index contributed by atoms with van der Waals surface area (Å²) in [5.41, 5.74) is 0.692. The molecule has 4 nitrogen and oxygen atoms in total. The van der Waals surface area contributed by atoms with Crippen molar-refractivity contribution in [2.24, 2.45) is 5.92 Å². The molecule has 0 bridgehead atoms. The number of piperidine rings is 1. The summed E-state index contributed by atoms with van der Waals surface area (Å²) < 4.78 is 5.24. The fourth-order valence-electron chi connectivity index (χ4n) is 3.37. The van der Waals surface area contributed by atoms with E-state index in [1.165, 1.54) is 19.3 Å². The van der Waals surface area contributed by atoms with E-state index in [4.69, 9.17) is 4.42 Å². The molecular formula is C15H22N2O2. The fraction of sp³-hybridized carbons (Fsp3) is 0.667. The van der Waals surface area contributed by atoms with E-state index in [0.29, 0.717) is 17.5 Å².